The van der Waals surface area contributed by atoms with Gasteiger partial charge in [0.05, 0.1) is 11.8 Å². The van der Waals surface area contributed by atoms with E-state index in [0.717, 1.165) is 43.0 Å². The van der Waals surface area contributed by atoms with Crippen LogP contribution in [0.5, 0.6) is 0 Å². The van der Waals surface area contributed by atoms with Crippen LogP contribution in [0.1, 0.15) is 17.5 Å². The lowest BCUT2D eigenvalue weighted by Crippen LogP contribution is -2.49. The number of aryl methyl sites for hydroxylation is 2. The first-order chi connectivity index (χ1) is 13.5. The van der Waals surface area contributed by atoms with E-state index in [1.807, 2.05) is 55.1 Å². The van der Waals surface area contributed by atoms with Gasteiger partial charge in [0, 0.05) is 37.6 Å². The van der Waals surface area contributed by atoms with Gasteiger partial charge in [-0.25, -0.2) is 0 Å². The number of hydrogen-bond acceptors (Lipinski definition) is 3. The molecule has 2 fully saturated rings. The van der Waals surface area contributed by atoms with E-state index in [2.05, 4.69) is 22.3 Å². The third kappa shape index (κ3) is 3.88. The smallest absolute Gasteiger partial charge is 0.228 e. The number of hydrogen-bond donors (Lipinski definition) is 1. The molecule has 5 nitrogen and oxygen atoms in total. The van der Waals surface area contributed by atoms with E-state index in [1.54, 1.807) is 0 Å². The van der Waals surface area contributed by atoms with Gasteiger partial charge in [0.1, 0.15) is 0 Å². The van der Waals surface area contributed by atoms with E-state index in [1.165, 1.54) is 5.69 Å². The quantitative estimate of drug-likeness (QED) is 0.890. The Bertz CT molecular complexity index is 873. The van der Waals surface area contributed by atoms with E-state index >= 15 is 0 Å². The van der Waals surface area contributed by atoms with Crippen LogP contribution in [0.3, 0.4) is 0 Å². The molecule has 2 aromatic carbocycles. The normalized spacial score (nSPS) is 21.4. The number of carbonyl (C=O) groups excluding carboxylic acids is 2. The van der Waals surface area contributed by atoms with Gasteiger partial charge >= 0.3 is 0 Å². The molecule has 1 aliphatic heterocycles. The zero-order chi connectivity index (χ0) is 19.7. The number of para-hydroxylation sites is 1. The highest BCUT2D eigenvalue weighted by Crippen LogP contribution is 2.41. The van der Waals surface area contributed by atoms with Crippen molar-refractivity contribution in [2.45, 2.75) is 20.3 Å². The van der Waals surface area contributed by atoms with Crippen LogP contribution in [-0.2, 0) is 9.59 Å². The van der Waals surface area contributed by atoms with Crippen LogP contribution in [0.4, 0.5) is 11.4 Å². The summed E-state index contributed by atoms with van der Waals surface area (Å²) in [5.74, 6) is -0.253. The van der Waals surface area contributed by atoms with Crippen LogP contribution in [-0.4, -0.2) is 42.9 Å². The number of amides is 2. The first-order valence-corrected chi connectivity index (χ1v) is 10.00. The zero-order valence-corrected chi connectivity index (χ0v) is 16.5. The average molecular weight is 377 g/mol. The monoisotopic (exact) mass is 377 g/mol. The summed E-state index contributed by atoms with van der Waals surface area (Å²) in [6.45, 7) is 7.10. The molecular weight excluding hydrogens is 350 g/mol. The molecule has 0 spiro atoms. The number of nitrogens with one attached hydrogen (secondary N) is 1. The highest BCUT2D eigenvalue weighted by Gasteiger charge is 2.49. The lowest BCUT2D eigenvalue weighted by Gasteiger charge is -2.36. The van der Waals surface area contributed by atoms with Crippen molar-refractivity contribution in [1.29, 1.82) is 0 Å². The number of carbonyl (C=O) groups is 2. The molecule has 1 heterocycles. The Morgan fingerprint density at radius 3 is 2.36 bits per heavy atom. The highest BCUT2D eigenvalue weighted by atomic mass is 16.2. The van der Waals surface area contributed by atoms with Gasteiger partial charge in [-0.15, -0.1) is 0 Å². The number of rotatable bonds is 4. The summed E-state index contributed by atoms with van der Waals surface area (Å²) in [4.78, 5) is 29.6. The van der Waals surface area contributed by atoms with Gasteiger partial charge in [-0.05, 0) is 49.6 Å². The molecule has 1 aliphatic carbocycles. The minimum atomic E-state index is -0.195. The summed E-state index contributed by atoms with van der Waals surface area (Å²) >= 11 is 0. The van der Waals surface area contributed by atoms with Crippen molar-refractivity contribution in [2.24, 2.45) is 11.8 Å². The maximum atomic E-state index is 12.8. The first-order valence-electron chi connectivity index (χ1n) is 10.00. The summed E-state index contributed by atoms with van der Waals surface area (Å²) in [5, 5.41) is 3.01. The topological polar surface area (TPSA) is 52.7 Å². The van der Waals surface area contributed by atoms with E-state index in [-0.39, 0.29) is 23.7 Å². The van der Waals surface area contributed by atoms with Crippen molar-refractivity contribution < 1.29 is 9.59 Å². The van der Waals surface area contributed by atoms with Crippen molar-refractivity contribution in [2.75, 3.05) is 36.4 Å². The molecule has 0 aromatic heterocycles. The summed E-state index contributed by atoms with van der Waals surface area (Å²) in [5.41, 5.74) is 4.20. The van der Waals surface area contributed by atoms with Crippen LogP contribution in [0.2, 0.25) is 0 Å². The minimum absolute atomic E-state index is 0.0324. The Morgan fingerprint density at radius 2 is 1.64 bits per heavy atom. The molecule has 1 saturated heterocycles. The molecule has 5 heteroatoms. The number of benzene rings is 2. The fraction of sp³-hybridized carbons (Fsp3) is 0.391. The fourth-order valence-corrected chi connectivity index (χ4v) is 3.91. The van der Waals surface area contributed by atoms with Gasteiger partial charge in [0.25, 0.3) is 0 Å². The van der Waals surface area contributed by atoms with Crippen LogP contribution in [0.25, 0.3) is 0 Å². The molecule has 2 aliphatic rings. The Morgan fingerprint density at radius 1 is 0.929 bits per heavy atom. The second kappa shape index (κ2) is 7.66. The van der Waals surface area contributed by atoms with E-state index in [0.29, 0.717) is 6.42 Å². The Labute approximate surface area is 166 Å². The summed E-state index contributed by atoms with van der Waals surface area (Å²) in [7, 11) is 0. The molecule has 2 aromatic rings. The fourth-order valence-electron chi connectivity index (χ4n) is 3.91. The maximum absolute atomic E-state index is 12.8. The van der Waals surface area contributed by atoms with Gasteiger partial charge < -0.3 is 15.1 Å². The molecular formula is C23H27N3O2. The Balaban J connectivity index is 1.30. The van der Waals surface area contributed by atoms with Crippen molar-refractivity contribution in [1.82, 2.24) is 4.90 Å². The lowest BCUT2D eigenvalue weighted by atomic mass is 10.1. The van der Waals surface area contributed by atoms with Gasteiger partial charge in [-0.2, -0.15) is 0 Å². The molecule has 0 radical (unpaired) electrons. The highest BCUT2D eigenvalue weighted by molar-refractivity contribution is 6.00. The first kappa shape index (κ1) is 18.5. The second-order valence-corrected chi connectivity index (χ2v) is 7.90. The maximum Gasteiger partial charge on any atom is 0.228 e. The number of anilines is 2. The molecule has 1 N–H and O–H groups in total. The third-order valence-corrected chi connectivity index (χ3v) is 5.81. The summed E-state index contributed by atoms with van der Waals surface area (Å²) < 4.78 is 0. The van der Waals surface area contributed by atoms with E-state index < -0.39 is 0 Å². The van der Waals surface area contributed by atoms with Gasteiger partial charge in [-0.3, -0.25) is 9.59 Å². The predicted octanol–water partition coefficient (Wildman–Crippen LogP) is 3.23. The van der Waals surface area contributed by atoms with E-state index in [9.17, 15) is 9.59 Å². The lowest BCUT2D eigenvalue weighted by molar-refractivity contribution is -0.134. The zero-order valence-electron chi connectivity index (χ0n) is 16.5. The van der Waals surface area contributed by atoms with Gasteiger partial charge in [0.2, 0.25) is 11.8 Å². The van der Waals surface area contributed by atoms with Crippen LogP contribution in [0, 0.1) is 25.7 Å². The molecule has 2 atom stereocenters. The summed E-state index contributed by atoms with van der Waals surface area (Å²) in [6, 6.07) is 16.3. The third-order valence-electron chi connectivity index (χ3n) is 5.81. The largest absolute Gasteiger partial charge is 0.368 e. The molecule has 146 valence electrons. The number of piperazine rings is 1. The van der Waals surface area contributed by atoms with Crippen molar-refractivity contribution in [3.63, 3.8) is 0 Å². The Hall–Kier alpha value is -2.82. The van der Waals surface area contributed by atoms with Crippen molar-refractivity contribution >= 4 is 23.2 Å². The van der Waals surface area contributed by atoms with Crippen LogP contribution >= 0.6 is 0 Å². The standard InChI is InChI=1S/C23H27N3O2/c1-16-8-9-17(2)21(14-16)24-22(27)19-15-20(19)23(28)26-12-10-25(11-13-26)18-6-4-3-5-7-18/h3-9,14,19-20H,10-13,15H2,1-2H3,(H,24,27). The van der Waals surface area contributed by atoms with Gasteiger partial charge in [0.15, 0.2) is 0 Å². The minimum Gasteiger partial charge on any atom is -0.368 e. The molecule has 2 amide bonds. The molecule has 4 rings (SSSR count). The SMILES string of the molecule is Cc1ccc(C)c(NC(=O)C2CC2C(=O)N2CCN(c3ccccc3)CC2)c1. The molecule has 28 heavy (non-hydrogen) atoms. The van der Waals surface area contributed by atoms with Crippen molar-refractivity contribution in [3.05, 3.63) is 59.7 Å². The molecule has 1 saturated carbocycles. The van der Waals surface area contributed by atoms with Crippen LogP contribution in [0.15, 0.2) is 48.5 Å². The second-order valence-electron chi connectivity index (χ2n) is 7.90. The number of nitrogens with zero attached hydrogens (tertiary/aromatic N) is 2. The van der Waals surface area contributed by atoms with Crippen molar-refractivity contribution in [3.8, 4) is 0 Å². The predicted molar refractivity (Wildman–Crippen MR) is 111 cm³/mol. The Kier molecular flexibility index (Phi) is 5.07. The van der Waals surface area contributed by atoms with Gasteiger partial charge in [-0.1, -0.05) is 30.3 Å². The van der Waals surface area contributed by atoms with E-state index in [4.69, 9.17) is 0 Å². The average Bonchev–Trinajstić information content (AvgIpc) is 3.52. The molecule has 0 bridgehead atoms. The molecule has 2 unspecified atom stereocenters. The summed E-state index contributed by atoms with van der Waals surface area (Å²) in [6.07, 6.45) is 0.661. The van der Waals surface area contributed by atoms with Crippen LogP contribution < -0.4 is 10.2 Å².